The van der Waals surface area contributed by atoms with Crippen molar-refractivity contribution >= 4 is 16.9 Å². The first kappa shape index (κ1) is 15.3. The molecule has 3 aromatic rings. The fraction of sp³-hybridized carbons (Fsp3) is 0.250. The van der Waals surface area contributed by atoms with Crippen molar-refractivity contribution in [2.75, 3.05) is 0 Å². The second-order valence-electron chi connectivity index (χ2n) is 6.07. The summed E-state index contributed by atoms with van der Waals surface area (Å²) in [6.07, 6.45) is 2.02. The van der Waals surface area contributed by atoms with Crippen molar-refractivity contribution in [1.82, 2.24) is 5.32 Å². The number of furan rings is 1. The maximum absolute atomic E-state index is 12.3. The second kappa shape index (κ2) is 6.29. The third-order valence-corrected chi connectivity index (χ3v) is 4.30. The molecule has 0 spiro atoms. The number of rotatable bonds is 4. The molecule has 1 heterocycles. The molecule has 0 fully saturated rings. The van der Waals surface area contributed by atoms with Gasteiger partial charge in [0, 0.05) is 10.9 Å². The molecular weight excluding hydrogens is 286 g/mol. The lowest BCUT2D eigenvalue weighted by Crippen LogP contribution is -2.28. The molecule has 0 bridgehead atoms. The smallest absolute Gasteiger partial charge is 0.225 e. The fourth-order valence-electron chi connectivity index (χ4n) is 2.76. The third-order valence-electron chi connectivity index (χ3n) is 4.30. The van der Waals surface area contributed by atoms with Crippen LogP contribution in [0.25, 0.3) is 11.0 Å². The monoisotopic (exact) mass is 307 g/mol. The molecule has 0 radical (unpaired) electrons. The zero-order valence-electron chi connectivity index (χ0n) is 13.7. The van der Waals surface area contributed by atoms with Crippen LogP contribution >= 0.6 is 0 Å². The van der Waals surface area contributed by atoms with Crippen LogP contribution in [-0.2, 0) is 11.2 Å². The van der Waals surface area contributed by atoms with E-state index in [9.17, 15) is 4.79 Å². The molecule has 1 aromatic heterocycles. The Labute approximate surface area is 136 Å². The number of aryl methyl sites for hydroxylation is 2. The van der Waals surface area contributed by atoms with Gasteiger partial charge in [0.05, 0.1) is 18.7 Å². The van der Waals surface area contributed by atoms with E-state index in [1.807, 2.05) is 43.3 Å². The Morgan fingerprint density at radius 1 is 1.13 bits per heavy atom. The lowest BCUT2D eigenvalue weighted by Gasteiger charge is -2.14. The first-order chi connectivity index (χ1) is 11.0. The van der Waals surface area contributed by atoms with Gasteiger partial charge in [-0.05, 0) is 49.6 Å². The highest BCUT2D eigenvalue weighted by molar-refractivity contribution is 5.88. The Bertz CT molecular complexity index is 833. The van der Waals surface area contributed by atoms with Crippen LogP contribution in [0.15, 0.2) is 53.1 Å². The van der Waals surface area contributed by atoms with Gasteiger partial charge >= 0.3 is 0 Å². The number of nitrogens with one attached hydrogen (secondary N) is 1. The summed E-state index contributed by atoms with van der Waals surface area (Å²) in [4.78, 5) is 12.3. The first-order valence-electron chi connectivity index (χ1n) is 7.86. The average Bonchev–Trinajstić information content (AvgIpc) is 2.90. The molecule has 1 atom stereocenters. The van der Waals surface area contributed by atoms with Crippen molar-refractivity contribution in [2.45, 2.75) is 33.2 Å². The van der Waals surface area contributed by atoms with Gasteiger partial charge in [0.15, 0.2) is 0 Å². The molecule has 23 heavy (non-hydrogen) atoms. The van der Waals surface area contributed by atoms with Crippen molar-refractivity contribution in [3.05, 3.63) is 71.0 Å². The molecule has 118 valence electrons. The summed E-state index contributed by atoms with van der Waals surface area (Å²) in [5.41, 5.74) is 5.27. The van der Waals surface area contributed by atoms with E-state index in [0.717, 1.165) is 22.1 Å². The zero-order chi connectivity index (χ0) is 16.4. The minimum atomic E-state index is -0.00848. The van der Waals surface area contributed by atoms with E-state index < -0.39 is 0 Å². The zero-order valence-corrected chi connectivity index (χ0v) is 13.7. The summed E-state index contributed by atoms with van der Waals surface area (Å²) in [5, 5.41) is 4.07. The molecular formula is C20H21NO2. The van der Waals surface area contributed by atoms with Crippen molar-refractivity contribution in [2.24, 2.45) is 0 Å². The van der Waals surface area contributed by atoms with Crippen molar-refractivity contribution < 1.29 is 9.21 Å². The van der Waals surface area contributed by atoms with Gasteiger partial charge in [-0.25, -0.2) is 0 Å². The molecule has 2 aromatic carbocycles. The number of amides is 1. The standard InChI is InChI=1S/C20H21NO2/c1-13-9-18-17(12-23-19(18)10-14(13)2)11-20(22)21-15(3)16-7-5-4-6-8-16/h4-10,12,15H,11H2,1-3H3,(H,21,22). The lowest BCUT2D eigenvalue weighted by atomic mass is 10.0. The molecule has 3 rings (SSSR count). The van der Waals surface area contributed by atoms with Crippen LogP contribution in [0.4, 0.5) is 0 Å². The topological polar surface area (TPSA) is 42.2 Å². The Morgan fingerprint density at radius 2 is 1.83 bits per heavy atom. The van der Waals surface area contributed by atoms with Crippen LogP contribution in [0.5, 0.6) is 0 Å². The van der Waals surface area contributed by atoms with Crippen LogP contribution in [0, 0.1) is 13.8 Å². The van der Waals surface area contributed by atoms with Gasteiger partial charge in [-0.2, -0.15) is 0 Å². The summed E-state index contributed by atoms with van der Waals surface area (Å²) in [7, 11) is 0. The third kappa shape index (κ3) is 3.29. The Morgan fingerprint density at radius 3 is 2.57 bits per heavy atom. The number of hydrogen-bond acceptors (Lipinski definition) is 2. The van der Waals surface area contributed by atoms with Gasteiger partial charge in [-0.3, -0.25) is 4.79 Å². The van der Waals surface area contributed by atoms with Crippen LogP contribution in [0.2, 0.25) is 0 Å². The Balaban J connectivity index is 1.74. The van der Waals surface area contributed by atoms with E-state index in [1.54, 1.807) is 6.26 Å². The summed E-state index contributed by atoms with van der Waals surface area (Å²) in [6.45, 7) is 6.13. The first-order valence-corrected chi connectivity index (χ1v) is 7.86. The molecule has 0 aliphatic carbocycles. The van der Waals surface area contributed by atoms with Crippen LogP contribution in [0.3, 0.4) is 0 Å². The lowest BCUT2D eigenvalue weighted by molar-refractivity contribution is -0.121. The van der Waals surface area contributed by atoms with E-state index >= 15 is 0 Å². The minimum absolute atomic E-state index is 0.00211. The largest absolute Gasteiger partial charge is 0.464 e. The number of benzene rings is 2. The highest BCUT2D eigenvalue weighted by atomic mass is 16.3. The van der Waals surface area contributed by atoms with Crippen molar-refractivity contribution in [3.8, 4) is 0 Å². The average molecular weight is 307 g/mol. The van der Waals surface area contributed by atoms with Gasteiger partial charge in [0.25, 0.3) is 0 Å². The van der Waals surface area contributed by atoms with Gasteiger partial charge in [-0.15, -0.1) is 0 Å². The van der Waals surface area contributed by atoms with E-state index in [4.69, 9.17) is 4.42 Å². The fourth-order valence-corrected chi connectivity index (χ4v) is 2.76. The predicted molar refractivity (Wildman–Crippen MR) is 92.4 cm³/mol. The summed E-state index contributed by atoms with van der Waals surface area (Å²) in [5.74, 6) is 0.00211. The Hall–Kier alpha value is -2.55. The van der Waals surface area contributed by atoms with Crippen LogP contribution in [0.1, 0.15) is 35.2 Å². The van der Waals surface area contributed by atoms with E-state index in [-0.39, 0.29) is 11.9 Å². The van der Waals surface area contributed by atoms with Gasteiger partial charge in [-0.1, -0.05) is 30.3 Å². The molecule has 3 nitrogen and oxygen atoms in total. The number of fused-ring (bicyclic) bond motifs is 1. The van der Waals surface area contributed by atoms with E-state index in [0.29, 0.717) is 6.42 Å². The molecule has 0 aliphatic heterocycles. The van der Waals surface area contributed by atoms with Crippen molar-refractivity contribution in [3.63, 3.8) is 0 Å². The van der Waals surface area contributed by atoms with Gasteiger partial charge in [0.2, 0.25) is 5.91 Å². The molecule has 1 N–H and O–H groups in total. The van der Waals surface area contributed by atoms with Gasteiger partial charge < -0.3 is 9.73 Å². The van der Waals surface area contributed by atoms with Crippen LogP contribution < -0.4 is 5.32 Å². The summed E-state index contributed by atoms with van der Waals surface area (Å²) < 4.78 is 5.60. The molecule has 0 saturated carbocycles. The van der Waals surface area contributed by atoms with Crippen molar-refractivity contribution in [1.29, 1.82) is 0 Å². The Kier molecular flexibility index (Phi) is 4.20. The molecule has 3 heteroatoms. The minimum Gasteiger partial charge on any atom is -0.464 e. The maximum Gasteiger partial charge on any atom is 0.225 e. The number of carbonyl (C=O) groups excluding carboxylic acids is 1. The highest BCUT2D eigenvalue weighted by Crippen LogP contribution is 2.25. The second-order valence-corrected chi connectivity index (χ2v) is 6.07. The number of carbonyl (C=O) groups is 1. The van der Waals surface area contributed by atoms with E-state index in [1.165, 1.54) is 11.1 Å². The SMILES string of the molecule is Cc1cc2occ(CC(=O)NC(C)c3ccccc3)c2cc1C. The van der Waals surface area contributed by atoms with Gasteiger partial charge in [0.1, 0.15) is 5.58 Å². The molecule has 0 aliphatic rings. The normalized spacial score (nSPS) is 12.3. The molecule has 1 amide bonds. The quantitative estimate of drug-likeness (QED) is 0.772. The molecule has 0 saturated heterocycles. The number of hydrogen-bond donors (Lipinski definition) is 1. The predicted octanol–water partition coefficient (Wildman–Crippen LogP) is 4.47. The molecule has 1 unspecified atom stereocenters. The maximum atomic E-state index is 12.3. The van der Waals surface area contributed by atoms with Crippen LogP contribution in [-0.4, -0.2) is 5.91 Å². The summed E-state index contributed by atoms with van der Waals surface area (Å²) in [6, 6.07) is 14.1. The van der Waals surface area contributed by atoms with E-state index in [2.05, 4.69) is 25.2 Å². The summed E-state index contributed by atoms with van der Waals surface area (Å²) >= 11 is 0. The highest BCUT2D eigenvalue weighted by Gasteiger charge is 2.14.